The van der Waals surface area contributed by atoms with E-state index in [4.69, 9.17) is 23.2 Å². The van der Waals surface area contributed by atoms with Crippen molar-refractivity contribution in [2.75, 3.05) is 12.4 Å². The van der Waals surface area contributed by atoms with Gasteiger partial charge in [0.25, 0.3) is 5.91 Å². The average Bonchev–Trinajstić information content (AvgIpc) is 2.45. The van der Waals surface area contributed by atoms with E-state index >= 15 is 0 Å². The first-order valence-electron chi connectivity index (χ1n) is 5.82. The fourth-order valence-corrected chi connectivity index (χ4v) is 2.10. The second-order valence-corrected chi connectivity index (χ2v) is 4.80. The van der Waals surface area contributed by atoms with Gasteiger partial charge in [-0.1, -0.05) is 29.3 Å². The zero-order chi connectivity index (χ0) is 15.4. The van der Waals surface area contributed by atoms with Crippen LogP contribution in [0.5, 0.6) is 0 Å². The van der Waals surface area contributed by atoms with Gasteiger partial charge in [-0.05, 0) is 30.3 Å². The van der Waals surface area contributed by atoms with Crippen LogP contribution in [0.4, 0.5) is 5.69 Å². The molecule has 2 rings (SSSR count). The van der Waals surface area contributed by atoms with Gasteiger partial charge in [-0.25, -0.2) is 9.78 Å². The highest BCUT2D eigenvalue weighted by Crippen LogP contribution is 2.17. The van der Waals surface area contributed by atoms with Crippen molar-refractivity contribution in [3.63, 3.8) is 0 Å². The van der Waals surface area contributed by atoms with Gasteiger partial charge in [-0.15, -0.1) is 0 Å². The highest BCUT2D eigenvalue weighted by atomic mass is 35.5. The van der Waals surface area contributed by atoms with Gasteiger partial charge in [-0.3, -0.25) is 4.79 Å². The molecule has 1 aromatic carbocycles. The Hall–Kier alpha value is -2.11. The number of halogens is 2. The van der Waals surface area contributed by atoms with E-state index in [2.05, 4.69) is 15.0 Å². The molecule has 5 nitrogen and oxygen atoms in total. The molecule has 0 saturated heterocycles. The Morgan fingerprint density at radius 1 is 1.10 bits per heavy atom. The summed E-state index contributed by atoms with van der Waals surface area (Å²) in [6, 6.07) is 9.17. The lowest BCUT2D eigenvalue weighted by Gasteiger charge is -2.07. The molecule has 0 bridgehead atoms. The third-order valence-electron chi connectivity index (χ3n) is 2.57. The number of ether oxygens (including phenoxy) is 1. The SMILES string of the molecule is COC(=O)c1cccc(NC(=O)c2cc(Cl)nc(Cl)c2)c1. The second-order valence-electron chi connectivity index (χ2n) is 4.03. The highest BCUT2D eigenvalue weighted by Gasteiger charge is 2.11. The van der Waals surface area contributed by atoms with Gasteiger partial charge in [0.15, 0.2) is 0 Å². The highest BCUT2D eigenvalue weighted by molar-refractivity contribution is 6.33. The average molecular weight is 325 g/mol. The van der Waals surface area contributed by atoms with Gasteiger partial charge >= 0.3 is 5.97 Å². The Bertz CT molecular complexity index is 684. The number of methoxy groups -OCH3 is 1. The standard InChI is InChI=1S/C14H10Cl2N2O3/c1-21-14(20)8-3-2-4-10(5-8)17-13(19)9-6-11(15)18-12(16)7-9/h2-7H,1H3,(H,17,19). The molecular weight excluding hydrogens is 315 g/mol. The first kappa shape index (κ1) is 15.3. The van der Waals surface area contributed by atoms with Crippen molar-refractivity contribution in [1.82, 2.24) is 4.98 Å². The smallest absolute Gasteiger partial charge is 0.337 e. The largest absolute Gasteiger partial charge is 0.465 e. The van der Waals surface area contributed by atoms with Crippen molar-refractivity contribution in [2.45, 2.75) is 0 Å². The number of rotatable bonds is 3. The lowest BCUT2D eigenvalue weighted by Crippen LogP contribution is -2.13. The molecule has 0 aliphatic carbocycles. The fourth-order valence-electron chi connectivity index (χ4n) is 1.64. The first-order chi connectivity index (χ1) is 9.99. The number of hydrogen-bond donors (Lipinski definition) is 1. The van der Waals surface area contributed by atoms with Crippen LogP contribution in [0.2, 0.25) is 10.3 Å². The van der Waals surface area contributed by atoms with Gasteiger partial charge in [0.05, 0.1) is 12.7 Å². The number of amides is 1. The molecule has 1 aromatic heterocycles. The summed E-state index contributed by atoms with van der Waals surface area (Å²) < 4.78 is 4.62. The molecule has 1 heterocycles. The number of esters is 1. The van der Waals surface area contributed by atoms with E-state index in [-0.39, 0.29) is 15.9 Å². The quantitative estimate of drug-likeness (QED) is 0.693. The van der Waals surface area contributed by atoms with Crippen molar-refractivity contribution in [3.8, 4) is 0 Å². The number of benzene rings is 1. The van der Waals surface area contributed by atoms with E-state index in [0.717, 1.165) is 0 Å². The summed E-state index contributed by atoms with van der Waals surface area (Å²) in [4.78, 5) is 27.3. The number of carbonyl (C=O) groups is 2. The van der Waals surface area contributed by atoms with Crippen molar-refractivity contribution in [3.05, 3.63) is 57.8 Å². The molecular formula is C14H10Cl2N2O3. The third kappa shape index (κ3) is 3.93. The summed E-state index contributed by atoms with van der Waals surface area (Å²) in [5.41, 5.74) is 1.05. The van der Waals surface area contributed by atoms with Crippen LogP contribution in [-0.4, -0.2) is 24.0 Å². The number of aromatic nitrogens is 1. The molecule has 0 fully saturated rings. The van der Waals surface area contributed by atoms with Crippen molar-refractivity contribution in [2.24, 2.45) is 0 Å². The van der Waals surface area contributed by atoms with Crippen LogP contribution >= 0.6 is 23.2 Å². The Morgan fingerprint density at radius 3 is 2.38 bits per heavy atom. The van der Waals surface area contributed by atoms with Gasteiger partial charge in [0.1, 0.15) is 10.3 Å². The molecule has 108 valence electrons. The van der Waals surface area contributed by atoms with Crippen LogP contribution in [0.1, 0.15) is 20.7 Å². The van der Waals surface area contributed by atoms with E-state index in [0.29, 0.717) is 11.3 Å². The topological polar surface area (TPSA) is 68.3 Å². The van der Waals surface area contributed by atoms with E-state index < -0.39 is 11.9 Å². The molecule has 0 unspecified atom stereocenters. The number of hydrogen-bond acceptors (Lipinski definition) is 4. The maximum Gasteiger partial charge on any atom is 0.337 e. The first-order valence-corrected chi connectivity index (χ1v) is 6.58. The Kier molecular flexibility index (Phi) is 4.77. The molecule has 0 aliphatic rings. The summed E-state index contributed by atoms with van der Waals surface area (Å²) in [6.45, 7) is 0. The van der Waals surface area contributed by atoms with Crippen LogP contribution < -0.4 is 5.32 Å². The van der Waals surface area contributed by atoms with Crippen LogP contribution in [-0.2, 0) is 4.74 Å². The van der Waals surface area contributed by atoms with E-state index in [1.165, 1.54) is 25.3 Å². The summed E-state index contributed by atoms with van der Waals surface area (Å²) in [7, 11) is 1.29. The number of carbonyl (C=O) groups excluding carboxylic acids is 2. The van der Waals surface area contributed by atoms with Crippen LogP contribution in [0, 0.1) is 0 Å². The van der Waals surface area contributed by atoms with E-state index in [9.17, 15) is 9.59 Å². The molecule has 7 heteroatoms. The number of pyridine rings is 1. The van der Waals surface area contributed by atoms with Crippen LogP contribution in [0.3, 0.4) is 0 Å². The van der Waals surface area contributed by atoms with Crippen molar-refractivity contribution >= 4 is 40.8 Å². The molecule has 0 atom stereocenters. The predicted octanol–water partition coefficient (Wildman–Crippen LogP) is 3.43. The molecule has 0 radical (unpaired) electrons. The molecule has 0 spiro atoms. The normalized spacial score (nSPS) is 10.0. The lowest BCUT2D eigenvalue weighted by atomic mass is 10.2. The number of nitrogens with one attached hydrogen (secondary N) is 1. The van der Waals surface area contributed by atoms with Gasteiger partial charge in [0, 0.05) is 11.3 Å². The third-order valence-corrected chi connectivity index (χ3v) is 2.95. The zero-order valence-electron chi connectivity index (χ0n) is 10.9. The lowest BCUT2D eigenvalue weighted by molar-refractivity contribution is 0.0600. The maximum absolute atomic E-state index is 12.1. The zero-order valence-corrected chi connectivity index (χ0v) is 12.4. The van der Waals surface area contributed by atoms with Gasteiger partial charge < -0.3 is 10.1 Å². The molecule has 21 heavy (non-hydrogen) atoms. The summed E-state index contributed by atoms with van der Waals surface area (Å²) in [5, 5.41) is 2.88. The monoisotopic (exact) mass is 324 g/mol. The summed E-state index contributed by atoms with van der Waals surface area (Å²) in [5.74, 6) is -0.899. The minimum atomic E-state index is -0.485. The van der Waals surface area contributed by atoms with Gasteiger partial charge in [0.2, 0.25) is 0 Å². The molecule has 0 aliphatic heterocycles. The minimum Gasteiger partial charge on any atom is -0.465 e. The van der Waals surface area contributed by atoms with Gasteiger partial charge in [-0.2, -0.15) is 0 Å². The van der Waals surface area contributed by atoms with Crippen LogP contribution in [0.25, 0.3) is 0 Å². The van der Waals surface area contributed by atoms with Crippen LogP contribution in [0.15, 0.2) is 36.4 Å². The maximum atomic E-state index is 12.1. The minimum absolute atomic E-state index is 0.121. The Labute approximate surface area is 130 Å². The van der Waals surface area contributed by atoms with Crippen molar-refractivity contribution < 1.29 is 14.3 Å². The van der Waals surface area contributed by atoms with E-state index in [1.807, 2.05) is 0 Å². The fraction of sp³-hybridized carbons (Fsp3) is 0.0714. The second kappa shape index (κ2) is 6.56. The van der Waals surface area contributed by atoms with E-state index in [1.54, 1.807) is 18.2 Å². The summed E-state index contributed by atoms with van der Waals surface area (Å²) in [6.07, 6.45) is 0. The molecule has 2 aromatic rings. The Balaban J connectivity index is 2.21. The number of anilines is 1. The molecule has 1 N–H and O–H groups in total. The molecule has 0 saturated carbocycles. The Morgan fingerprint density at radius 2 is 1.76 bits per heavy atom. The summed E-state index contributed by atoms with van der Waals surface area (Å²) >= 11 is 11.5. The predicted molar refractivity (Wildman–Crippen MR) is 80.0 cm³/mol. The van der Waals surface area contributed by atoms with Crippen molar-refractivity contribution in [1.29, 1.82) is 0 Å². The number of nitrogens with zero attached hydrogens (tertiary/aromatic N) is 1. The molecule has 1 amide bonds.